The Morgan fingerprint density at radius 1 is 1.06 bits per heavy atom. The number of hydrogen-bond acceptors (Lipinski definition) is 3. The molecule has 1 saturated heterocycles. The minimum atomic E-state index is -0.280. The number of nitrogens with one attached hydrogen (secondary N) is 3. The van der Waals surface area contributed by atoms with Gasteiger partial charge in [-0.3, -0.25) is 9.59 Å². The van der Waals surface area contributed by atoms with E-state index in [4.69, 9.17) is 0 Å². The number of anilines is 1. The highest BCUT2D eigenvalue weighted by Gasteiger charge is 2.29. The van der Waals surface area contributed by atoms with Crippen LogP contribution in [0.4, 0.5) is 5.69 Å². The Balaban J connectivity index is 1.22. The van der Waals surface area contributed by atoms with E-state index in [1.807, 2.05) is 17.2 Å². The predicted octanol–water partition coefficient (Wildman–Crippen LogP) is 5.47. The Bertz CT molecular complexity index is 1610. The summed E-state index contributed by atoms with van der Waals surface area (Å²) in [7, 11) is 0. The number of fused-ring (bicyclic) bond motifs is 2. The molecule has 3 aromatic heterocycles. The van der Waals surface area contributed by atoms with Crippen LogP contribution in [-0.2, 0) is 4.79 Å². The van der Waals surface area contributed by atoms with Crippen LogP contribution in [0.5, 0.6) is 0 Å². The Hall–Kier alpha value is -4.65. The maximum atomic E-state index is 13.1. The van der Waals surface area contributed by atoms with Gasteiger partial charge in [-0.1, -0.05) is 24.8 Å². The monoisotopic (exact) mass is 475 g/mol. The largest absolute Gasteiger partial charge is 0.361 e. The topological polar surface area (TPSA) is 93.9 Å². The molecule has 1 aliphatic rings. The van der Waals surface area contributed by atoms with E-state index in [-0.39, 0.29) is 17.7 Å². The molecule has 1 fully saturated rings. The standard InChI is InChI=1S/C29H25N5O2/c1-2-27(35)32-20-9-7-18(8-10-20)29(36)34-14-12-19(17-34)26-15-23-21(11-13-30-28(23)33-26)24-16-31-25-6-4-3-5-22(24)25/h2-11,13,15-16,19,31H,1,12,14,17H2,(H,30,33)(H,32,35). The van der Waals surface area contributed by atoms with Crippen LogP contribution in [0.25, 0.3) is 33.1 Å². The third kappa shape index (κ3) is 3.84. The molecule has 5 aromatic rings. The fourth-order valence-corrected chi connectivity index (χ4v) is 5.07. The summed E-state index contributed by atoms with van der Waals surface area (Å²) in [6.07, 6.45) is 5.99. The quantitative estimate of drug-likeness (QED) is 0.295. The van der Waals surface area contributed by atoms with E-state index in [0.717, 1.165) is 39.8 Å². The lowest BCUT2D eigenvalue weighted by Crippen LogP contribution is -2.28. The molecule has 36 heavy (non-hydrogen) atoms. The van der Waals surface area contributed by atoms with Crippen molar-refractivity contribution in [2.24, 2.45) is 0 Å². The van der Waals surface area contributed by atoms with Crippen molar-refractivity contribution in [1.82, 2.24) is 19.9 Å². The third-order valence-electron chi connectivity index (χ3n) is 6.93. The molecule has 6 rings (SSSR count). The third-order valence-corrected chi connectivity index (χ3v) is 6.93. The van der Waals surface area contributed by atoms with Crippen LogP contribution in [0.15, 0.2) is 85.7 Å². The normalized spacial score (nSPS) is 15.4. The molecule has 1 unspecified atom stereocenters. The smallest absolute Gasteiger partial charge is 0.253 e. The van der Waals surface area contributed by atoms with Crippen molar-refractivity contribution in [2.45, 2.75) is 12.3 Å². The maximum absolute atomic E-state index is 13.1. The molecule has 7 nitrogen and oxygen atoms in total. The first-order valence-electron chi connectivity index (χ1n) is 12.0. The van der Waals surface area contributed by atoms with Crippen molar-refractivity contribution in [3.05, 3.63) is 97.0 Å². The Morgan fingerprint density at radius 2 is 1.89 bits per heavy atom. The summed E-state index contributed by atoms with van der Waals surface area (Å²) in [5.41, 5.74) is 6.58. The number of para-hydroxylation sites is 1. The second-order valence-electron chi connectivity index (χ2n) is 9.10. The number of rotatable bonds is 5. The van der Waals surface area contributed by atoms with Gasteiger partial charge in [-0.05, 0) is 60.5 Å². The molecule has 0 aliphatic carbocycles. The van der Waals surface area contributed by atoms with Gasteiger partial charge in [-0.25, -0.2) is 4.98 Å². The molecule has 2 aromatic carbocycles. The van der Waals surface area contributed by atoms with Crippen molar-refractivity contribution in [2.75, 3.05) is 18.4 Å². The molecule has 0 bridgehead atoms. The fraction of sp³-hybridized carbons (Fsp3) is 0.138. The van der Waals surface area contributed by atoms with Gasteiger partial charge in [0.2, 0.25) is 5.91 Å². The summed E-state index contributed by atoms with van der Waals surface area (Å²) in [6, 6.07) is 19.5. The molecule has 0 radical (unpaired) electrons. The highest BCUT2D eigenvalue weighted by molar-refractivity contribution is 6.04. The van der Waals surface area contributed by atoms with Crippen molar-refractivity contribution in [1.29, 1.82) is 0 Å². The average Bonchev–Trinajstić information content (AvgIpc) is 3.66. The molecular formula is C29H25N5O2. The summed E-state index contributed by atoms with van der Waals surface area (Å²) in [4.78, 5) is 37.9. The van der Waals surface area contributed by atoms with E-state index in [9.17, 15) is 9.59 Å². The first-order valence-corrected chi connectivity index (χ1v) is 12.0. The molecule has 178 valence electrons. The van der Waals surface area contributed by atoms with Crippen molar-refractivity contribution in [3.8, 4) is 11.1 Å². The van der Waals surface area contributed by atoms with E-state index >= 15 is 0 Å². The number of carbonyl (C=O) groups is 2. The summed E-state index contributed by atoms with van der Waals surface area (Å²) in [6.45, 7) is 4.78. The number of benzene rings is 2. The van der Waals surface area contributed by atoms with Crippen LogP contribution in [0.2, 0.25) is 0 Å². The van der Waals surface area contributed by atoms with Gasteiger partial charge in [0.25, 0.3) is 5.91 Å². The van der Waals surface area contributed by atoms with Gasteiger partial charge < -0.3 is 20.2 Å². The lowest BCUT2D eigenvalue weighted by atomic mass is 10.0. The van der Waals surface area contributed by atoms with Crippen molar-refractivity contribution >= 4 is 39.4 Å². The average molecular weight is 476 g/mol. The molecule has 3 N–H and O–H groups in total. The van der Waals surface area contributed by atoms with Gasteiger partial charge in [0, 0.05) is 70.2 Å². The number of pyridine rings is 1. The molecule has 7 heteroatoms. The van der Waals surface area contributed by atoms with Gasteiger partial charge in [0.15, 0.2) is 0 Å². The van der Waals surface area contributed by atoms with Crippen molar-refractivity contribution in [3.63, 3.8) is 0 Å². The molecule has 2 amide bonds. The fourth-order valence-electron chi connectivity index (χ4n) is 5.07. The zero-order valence-electron chi connectivity index (χ0n) is 19.6. The van der Waals surface area contributed by atoms with E-state index in [0.29, 0.717) is 24.3 Å². The number of likely N-dealkylation sites (tertiary alicyclic amines) is 1. The van der Waals surface area contributed by atoms with Crippen LogP contribution >= 0.6 is 0 Å². The molecule has 4 heterocycles. The van der Waals surface area contributed by atoms with E-state index in [2.05, 4.69) is 63.4 Å². The van der Waals surface area contributed by atoms with Crippen LogP contribution < -0.4 is 5.32 Å². The van der Waals surface area contributed by atoms with Gasteiger partial charge >= 0.3 is 0 Å². The number of aromatic nitrogens is 3. The van der Waals surface area contributed by atoms with Gasteiger partial charge in [0.1, 0.15) is 5.65 Å². The number of carbonyl (C=O) groups excluding carboxylic acids is 2. The van der Waals surface area contributed by atoms with Gasteiger partial charge in [-0.2, -0.15) is 0 Å². The van der Waals surface area contributed by atoms with Crippen LogP contribution in [0, 0.1) is 0 Å². The zero-order chi connectivity index (χ0) is 24.6. The van der Waals surface area contributed by atoms with E-state index in [1.165, 1.54) is 11.5 Å². The van der Waals surface area contributed by atoms with Gasteiger partial charge in [-0.15, -0.1) is 0 Å². The summed E-state index contributed by atoms with van der Waals surface area (Å²) in [5, 5.41) is 4.96. The van der Waals surface area contributed by atoms with Crippen molar-refractivity contribution < 1.29 is 9.59 Å². The Kier molecular flexibility index (Phi) is 5.37. The number of hydrogen-bond donors (Lipinski definition) is 3. The summed E-state index contributed by atoms with van der Waals surface area (Å²) >= 11 is 0. The lowest BCUT2D eigenvalue weighted by Gasteiger charge is -2.16. The number of amides is 2. The highest BCUT2D eigenvalue weighted by Crippen LogP contribution is 2.36. The molecule has 0 saturated carbocycles. The Morgan fingerprint density at radius 3 is 2.72 bits per heavy atom. The second-order valence-corrected chi connectivity index (χ2v) is 9.10. The summed E-state index contributed by atoms with van der Waals surface area (Å²) in [5.74, 6) is -0.0740. The van der Waals surface area contributed by atoms with E-state index in [1.54, 1.807) is 24.3 Å². The minimum Gasteiger partial charge on any atom is -0.361 e. The van der Waals surface area contributed by atoms with Crippen LogP contribution in [0.1, 0.15) is 28.4 Å². The lowest BCUT2D eigenvalue weighted by molar-refractivity contribution is -0.111. The number of nitrogens with zero attached hydrogens (tertiary/aromatic N) is 2. The number of H-pyrrole nitrogens is 2. The number of aromatic amines is 2. The molecular weight excluding hydrogens is 450 g/mol. The van der Waals surface area contributed by atoms with Gasteiger partial charge in [0.05, 0.1) is 0 Å². The molecule has 1 atom stereocenters. The van der Waals surface area contributed by atoms with Crippen LogP contribution in [-0.4, -0.2) is 44.8 Å². The first kappa shape index (κ1) is 21.9. The summed E-state index contributed by atoms with van der Waals surface area (Å²) < 4.78 is 0. The SMILES string of the molecule is C=CC(=O)Nc1ccc(C(=O)N2CCC(c3cc4c(-c5c[nH]c6ccccc56)ccnc4[nH]3)C2)cc1. The molecule has 1 aliphatic heterocycles. The minimum absolute atomic E-state index is 0.00665. The predicted molar refractivity (Wildman–Crippen MR) is 142 cm³/mol. The molecule has 0 spiro atoms. The van der Waals surface area contributed by atoms with E-state index < -0.39 is 0 Å². The van der Waals surface area contributed by atoms with Crippen LogP contribution in [0.3, 0.4) is 0 Å². The Labute approximate surface area is 207 Å². The first-order chi connectivity index (χ1) is 17.6. The maximum Gasteiger partial charge on any atom is 0.253 e. The zero-order valence-corrected chi connectivity index (χ0v) is 19.6. The highest BCUT2D eigenvalue weighted by atomic mass is 16.2. The second kappa shape index (κ2) is 8.85.